The number of carbonyl (C=O) groups excluding carboxylic acids is 1. The highest BCUT2D eigenvalue weighted by Gasteiger charge is 2.29. The minimum atomic E-state index is -0.220. The molecule has 0 spiro atoms. The lowest BCUT2D eigenvalue weighted by atomic mass is 10.0. The summed E-state index contributed by atoms with van der Waals surface area (Å²) in [5.74, 6) is 0.0335. The van der Waals surface area contributed by atoms with E-state index >= 15 is 0 Å². The molecule has 1 heterocycles. The van der Waals surface area contributed by atoms with Crippen molar-refractivity contribution in [1.82, 2.24) is 4.90 Å². The van der Waals surface area contributed by atoms with Gasteiger partial charge in [-0.1, -0.05) is 52.3 Å². The summed E-state index contributed by atoms with van der Waals surface area (Å²) in [5.41, 5.74) is 1.87. The average Bonchev–Trinajstić information content (AvgIpc) is 3.02. The number of nitrogens with one attached hydrogen (secondary N) is 1. The Morgan fingerprint density at radius 3 is 2.45 bits per heavy atom. The molecule has 0 aliphatic carbocycles. The predicted octanol–water partition coefficient (Wildman–Crippen LogP) is 4.22. The van der Waals surface area contributed by atoms with Crippen LogP contribution in [0.15, 0.2) is 59.1 Å². The van der Waals surface area contributed by atoms with Crippen LogP contribution in [0, 0.1) is 0 Å². The number of likely N-dealkylation sites (tertiary alicyclic amines) is 1. The van der Waals surface area contributed by atoms with Gasteiger partial charge in [-0.15, -0.1) is 0 Å². The van der Waals surface area contributed by atoms with Gasteiger partial charge in [-0.2, -0.15) is 0 Å². The van der Waals surface area contributed by atoms with Crippen molar-refractivity contribution in [3.63, 3.8) is 0 Å². The first kappa shape index (κ1) is 15.3. The summed E-state index contributed by atoms with van der Waals surface area (Å²) in [6.07, 6.45) is 2.32. The van der Waals surface area contributed by atoms with Gasteiger partial charge in [0.2, 0.25) is 5.91 Å². The van der Waals surface area contributed by atoms with E-state index in [1.807, 2.05) is 54.6 Å². The van der Waals surface area contributed by atoms with Crippen molar-refractivity contribution in [1.29, 1.82) is 0 Å². The van der Waals surface area contributed by atoms with Gasteiger partial charge < -0.3 is 5.32 Å². The molecule has 4 heteroatoms. The van der Waals surface area contributed by atoms with Crippen LogP contribution in [0.5, 0.6) is 0 Å². The molecule has 0 saturated carbocycles. The van der Waals surface area contributed by atoms with Gasteiger partial charge in [0.25, 0.3) is 0 Å². The van der Waals surface area contributed by atoms with Crippen LogP contribution in [0.2, 0.25) is 0 Å². The van der Waals surface area contributed by atoms with E-state index in [2.05, 4.69) is 26.1 Å². The van der Waals surface area contributed by atoms with Crippen LogP contribution in [0.4, 0.5) is 5.69 Å². The van der Waals surface area contributed by atoms with Gasteiger partial charge >= 0.3 is 0 Å². The van der Waals surface area contributed by atoms with Crippen LogP contribution in [-0.2, 0) is 4.79 Å². The van der Waals surface area contributed by atoms with E-state index in [0.29, 0.717) is 0 Å². The normalized spacial score (nSPS) is 16.4. The first-order valence-corrected chi connectivity index (χ1v) is 8.39. The van der Waals surface area contributed by atoms with Crippen molar-refractivity contribution in [3.05, 3.63) is 64.6 Å². The highest BCUT2D eigenvalue weighted by Crippen LogP contribution is 2.27. The molecule has 2 aromatic carbocycles. The highest BCUT2D eigenvalue weighted by atomic mass is 79.9. The predicted molar refractivity (Wildman–Crippen MR) is 92.8 cm³/mol. The van der Waals surface area contributed by atoms with E-state index in [1.165, 1.54) is 0 Å². The summed E-state index contributed by atoms with van der Waals surface area (Å²) in [7, 11) is 0. The highest BCUT2D eigenvalue weighted by molar-refractivity contribution is 9.10. The maximum absolute atomic E-state index is 12.8. The summed E-state index contributed by atoms with van der Waals surface area (Å²) in [6.45, 7) is 1.96. The molecule has 3 rings (SSSR count). The molecule has 1 unspecified atom stereocenters. The fourth-order valence-corrected chi connectivity index (χ4v) is 3.34. The van der Waals surface area contributed by atoms with Crippen LogP contribution in [0.25, 0.3) is 0 Å². The lowest BCUT2D eigenvalue weighted by Gasteiger charge is -2.27. The summed E-state index contributed by atoms with van der Waals surface area (Å²) in [5, 5.41) is 3.05. The lowest BCUT2D eigenvalue weighted by Crippen LogP contribution is -2.35. The number of halogens is 1. The van der Waals surface area contributed by atoms with E-state index in [9.17, 15) is 4.79 Å². The summed E-state index contributed by atoms with van der Waals surface area (Å²) in [6, 6.07) is 17.5. The van der Waals surface area contributed by atoms with Gasteiger partial charge in [0.15, 0.2) is 0 Å². The van der Waals surface area contributed by atoms with Crippen LogP contribution < -0.4 is 5.32 Å². The Morgan fingerprint density at radius 2 is 1.77 bits per heavy atom. The number of benzene rings is 2. The van der Waals surface area contributed by atoms with E-state index in [0.717, 1.165) is 41.7 Å². The Morgan fingerprint density at radius 1 is 1.05 bits per heavy atom. The molecule has 3 nitrogen and oxygen atoms in total. The van der Waals surface area contributed by atoms with Crippen molar-refractivity contribution >= 4 is 27.5 Å². The smallest absolute Gasteiger partial charge is 0.246 e. The molecular formula is C18H19BrN2O. The number of hydrogen-bond donors (Lipinski definition) is 1. The van der Waals surface area contributed by atoms with Crippen molar-refractivity contribution < 1.29 is 4.79 Å². The molecule has 22 heavy (non-hydrogen) atoms. The summed E-state index contributed by atoms with van der Waals surface area (Å²) < 4.78 is 0.961. The molecule has 1 aliphatic heterocycles. The maximum atomic E-state index is 12.8. The van der Waals surface area contributed by atoms with Gasteiger partial charge in [0.05, 0.1) is 0 Å². The Hall–Kier alpha value is -1.65. The molecule has 1 aliphatic rings. The van der Waals surface area contributed by atoms with E-state index in [1.54, 1.807) is 0 Å². The summed E-state index contributed by atoms with van der Waals surface area (Å²) >= 11 is 3.44. The Kier molecular flexibility index (Phi) is 4.90. The van der Waals surface area contributed by atoms with Crippen LogP contribution in [0.3, 0.4) is 0 Å². The molecule has 0 radical (unpaired) electrons. The number of rotatable bonds is 4. The third-order valence-corrected chi connectivity index (χ3v) is 4.45. The molecule has 114 valence electrons. The second-order valence-electron chi connectivity index (χ2n) is 5.56. The maximum Gasteiger partial charge on any atom is 0.246 e. The topological polar surface area (TPSA) is 32.3 Å². The van der Waals surface area contributed by atoms with Gasteiger partial charge in [0, 0.05) is 10.2 Å². The zero-order valence-electron chi connectivity index (χ0n) is 12.3. The lowest BCUT2D eigenvalue weighted by molar-refractivity contribution is -0.121. The third kappa shape index (κ3) is 3.57. The molecule has 1 N–H and O–H groups in total. The van der Waals surface area contributed by atoms with Crippen molar-refractivity contribution in [2.24, 2.45) is 0 Å². The Balaban J connectivity index is 1.83. The monoisotopic (exact) mass is 358 g/mol. The largest absolute Gasteiger partial charge is 0.324 e. The number of amides is 1. The fraction of sp³-hybridized carbons (Fsp3) is 0.278. The number of anilines is 1. The van der Waals surface area contributed by atoms with Gasteiger partial charge in [0.1, 0.15) is 6.04 Å². The first-order chi connectivity index (χ1) is 10.7. The first-order valence-electron chi connectivity index (χ1n) is 7.59. The van der Waals surface area contributed by atoms with Crippen molar-refractivity contribution in [3.8, 4) is 0 Å². The molecule has 1 amide bonds. The fourth-order valence-electron chi connectivity index (χ4n) is 2.94. The molecule has 0 aromatic heterocycles. The number of carbonyl (C=O) groups is 1. The third-order valence-electron chi connectivity index (χ3n) is 3.96. The van der Waals surface area contributed by atoms with Crippen LogP contribution in [0.1, 0.15) is 24.4 Å². The van der Waals surface area contributed by atoms with Gasteiger partial charge in [-0.25, -0.2) is 0 Å². The minimum Gasteiger partial charge on any atom is -0.324 e. The molecule has 2 aromatic rings. The Bertz CT molecular complexity index is 639. The average molecular weight is 359 g/mol. The number of hydrogen-bond acceptors (Lipinski definition) is 2. The molecule has 1 saturated heterocycles. The van der Waals surface area contributed by atoms with Gasteiger partial charge in [-0.05, 0) is 49.7 Å². The SMILES string of the molecule is O=C(Nc1cccc(Br)c1)C(c1ccccc1)N1CCCC1. The van der Waals surface area contributed by atoms with E-state index in [4.69, 9.17) is 0 Å². The number of nitrogens with zero attached hydrogens (tertiary/aromatic N) is 1. The zero-order chi connectivity index (χ0) is 15.4. The van der Waals surface area contributed by atoms with E-state index < -0.39 is 0 Å². The van der Waals surface area contributed by atoms with Crippen molar-refractivity contribution in [2.75, 3.05) is 18.4 Å². The Labute approximate surface area is 139 Å². The zero-order valence-corrected chi connectivity index (χ0v) is 13.9. The minimum absolute atomic E-state index is 0.0335. The molecular weight excluding hydrogens is 340 g/mol. The second kappa shape index (κ2) is 7.07. The van der Waals surface area contributed by atoms with E-state index in [-0.39, 0.29) is 11.9 Å². The van der Waals surface area contributed by atoms with Gasteiger partial charge in [-0.3, -0.25) is 9.69 Å². The summed E-state index contributed by atoms with van der Waals surface area (Å²) in [4.78, 5) is 15.1. The van der Waals surface area contributed by atoms with Crippen molar-refractivity contribution in [2.45, 2.75) is 18.9 Å². The second-order valence-corrected chi connectivity index (χ2v) is 6.47. The quantitative estimate of drug-likeness (QED) is 0.886. The molecule has 1 atom stereocenters. The van der Waals surface area contributed by atoms with Crippen LogP contribution in [-0.4, -0.2) is 23.9 Å². The molecule has 1 fully saturated rings. The van der Waals surface area contributed by atoms with Crippen LogP contribution >= 0.6 is 15.9 Å². The standard InChI is InChI=1S/C18H19BrN2O/c19-15-9-6-10-16(13-15)20-18(22)17(21-11-4-5-12-21)14-7-2-1-3-8-14/h1-3,6-10,13,17H,4-5,11-12H2,(H,20,22). The molecule has 0 bridgehead atoms.